The molecule has 14 heavy (non-hydrogen) atoms. The largest absolute Gasteiger partial charge is 0.450 e. The summed E-state index contributed by atoms with van der Waals surface area (Å²) in [5, 5.41) is 3.36. The molecule has 0 radical (unpaired) electrons. The van der Waals surface area contributed by atoms with E-state index >= 15 is 0 Å². The van der Waals surface area contributed by atoms with Crippen molar-refractivity contribution in [2.24, 2.45) is 0 Å². The van der Waals surface area contributed by atoms with E-state index < -0.39 is 18.4 Å². The Kier molecular flexibility index (Phi) is 2.87. The quantitative estimate of drug-likeness (QED) is 0.751. The third-order valence-corrected chi connectivity index (χ3v) is 1.45. The maximum absolute atomic E-state index is 11.8. The molecule has 78 valence electrons. The number of alkyl halides is 3. The number of Topliss-reactive ketones (excluding diaryl/α,β-unsaturated/α-hetero) is 1. The van der Waals surface area contributed by atoms with Crippen LogP contribution in [-0.4, -0.2) is 22.1 Å². The van der Waals surface area contributed by atoms with Crippen molar-refractivity contribution in [3.63, 3.8) is 0 Å². The topological polar surface area (TPSA) is 56.0 Å². The van der Waals surface area contributed by atoms with Crippen LogP contribution in [0.5, 0.6) is 0 Å². The Morgan fingerprint density at radius 2 is 2.14 bits per heavy atom. The molecular weight excluding hydrogens is 201 g/mol. The van der Waals surface area contributed by atoms with Gasteiger partial charge >= 0.3 is 6.18 Å². The van der Waals surface area contributed by atoms with Gasteiger partial charge in [-0.3, -0.25) is 4.79 Å². The number of ketones is 1. The lowest BCUT2D eigenvalue weighted by Crippen LogP contribution is -2.24. The molecule has 1 heterocycles. The van der Waals surface area contributed by atoms with Crippen molar-refractivity contribution in [2.75, 3.05) is 0 Å². The Hall–Kier alpha value is -1.40. The molecule has 0 bridgehead atoms. The molecule has 1 aromatic rings. The molecule has 7 heteroatoms. The number of hydrogen-bond acceptors (Lipinski definition) is 4. The average molecular weight is 208 g/mol. The van der Waals surface area contributed by atoms with Gasteiger partial charge in [-0.25, -0.2) is 0 Å². The molecule has 0 aliphatic heterocycles. The van der Waals surface area contributed by atoms with Crippen LogP contribution in [0, 0.1) is 0 Å². The minimum Gasteiger partial charge on any atom is -0.339 e. The zero-order valence-electron chi connectivity index (χ0n) is 7.26. The van der Waals surface area contributed by atoms with Crippen molar-refractivity contribution in [1.29, 1.82) is 0 Å². The van der Waals surface area contributed by atoms with Crippen molar-refractivity contribution in [3.8, 4) is 0 Å². The normalized spacial score (nSPS) is 11.7. The first kappa shape index (κ1) is 10.7. The highest BCUT2D eigenvalue weighted by Crippen LogP contribution is 2.18. The molecular formula is C7H7F3N2O2. The Morgan fingerprint density at radius 1 is 1.50 bits per heavy atom. The van der Waals surface area contributed by atoms with Gasteiger partial charge in [-0.15, -0.1) is 0 Å². The average Bonchev–Trinajstić information content (AvgIpc) is 2.50. The van der Waals surface area contributed by atoms with Crippen molar-refractivity contribution in [1.82, 2.24) is 10.1 Å². The molecule has 0 unspecified atom stereocenters. The summed E-state index contributed by atoms with van der Waals surface area (Å²) in [6, 6.07) is 0. The second-order valence-corrected chi connectivity index (χ2v) is 2.56. The Morgan fingerprint density at radius 3 is 2.57 bits per heavy atom. The number of carbonyl (C=O) groups excluding carboxylic acids is 1. The van der Waals surface area contributed by atoms with E-state index in [2.05, 4.69) is 14.7 Å². The molecule has 4 nitrogen and oxygen atoms in total. The monoisotopic (exact) mass is 208 g/mol. The highest BCUT2D eigenvalue weighted by molar-refractivity contribution is 5.85. The lowest BCUT2D eigenvalue weighted by molar-refractivity contribution is -0.170. The van der Waals surface area contributed by atoms with Gasteiger partial charge in [0, 0.05) is 6.42 Å². The zero-order chi connectivity index (χ0) is 10.8. The van der Waals surface area contributed by atoms with Crippen LogP contribution < -0.4 is 0 Å². The Labute approximate surface area is 77.1 Å². The number of carbonyl (C=O) groups is 1. The van der Waals surface area contributed by atoms with Crippen LogP contribution in [-0.2, 0) is 17.6 Å². The summed E-state index contributed by atoms with van der Waals surface area (Å²) in [5.74, 6) is -1.90. The first-order chi connectivity index (χ1) is 6.43. The standard InChI is InChI=1S/C7H7F3N2O2/c1-2-5-11-6(14-12-5)3-4(13)7(8,9)10/h2-3H2,1H3. The summed E-state index contributed by atoms with van der Waals surface area (Å²) in [7, 11) is 0. The van der Waals surface area contributed by atoms with Gasteiger partial charge in [0.15, 0.2) is 5.82 Å². The smallest absolute Gasteiger partial charge is 0.339 e. The van der Waals surface area contributed by atoms with Crippen molar-refractivity contribution in [2.45, 2.75) is 25.9 Å². The highest BCUT2D eigenvalue weighted by Gasteiger charge is 2.39. The number of hydrogen-bond donors (Lipinski definition) is 0. The SMILES string of the molecule is CCc1noc(CC(=O)C(F)(F)F)n1. The van der Waals surface area contributed by atoms with Gasteiger partial charge in [0.2, 0.25) is 11.7 Å². The fourth-order valence-corrected chi connectivity index (χ4v) is 0.743. The van der Waals surface area contributed by atoms with Crippen LogP contribution in [0.3, 0.4) is 0 Å². The summed E-state index contributed by atoms with van der Waals surface area (Å²) in [5.41, 5.74) is 0. The van der Waals surface area contributed by atoms with Crippen LogP contribution in [0.4, 0.5) is 13.2 Å². The van der Waals surface area contributed by atoms with Crippen LogP contribution in [0.15, 0.2) is 4.52 Å². The summed E-state index contributed by atoms with van der Waals surface area (Å²) in [6.07, 6.45) is -5.29. The molecule has 0 aliphatic carbocycles. The summed E-state index contributed by atoms with van der Waals surface area (Å²) in [4.78, 5) is 14.1. The summed E-state index contributed by atoms with van der Waals surface area (Å²) in [6.45, 7) is 1.72. The third kappa shape index (κ3) is 2.54. The first-order valence-corrected chi connectivity index (χ1v) is 3.85. The van der Waals surface area contributed by atoms with Gasteiger partial charge in [0.25, 0.3) is 0 Å². The summed E-state index contributed by atoms with van der Waals surface area (Å²) >= 11 is 0. The van der Waals surface area contributed by atoms with Gasteiger partial charge in [-0.1, -0.05) is 12.1 Å². The molecule has 1 aromatic heterocycles. The highest BCUT2D eigenvalue weighted by atomic mass is 19.4. The second-order valence-electron chi connectivity index (χ2n) is 2.56. The molecule has 0 N–H and O–H groups in total. The van der Waals surface area contributed by atoms with Gasteiger partial charge < -0.3 is 4.52 Å². The van der Waals surface area contributed by atoms with E-state index in [1.165, 1.54) is 0 Å². The lowest BCUT2D eigenvalue weighted by Gasteiger charge is -2.00. The van der Waals surface area contributed by atoms with E-state index in [-0.39, 0.29) is 11.7 Å². The minimum atomic E-state index is -4.85. The predicted octanol–water partition coefficient (Wildman–Crippen LogP) is 1.31. The van der Waals surface area contributed by atoms with E-state index in [0.29, 0.717) is 6.42 Å². The summed E-state index contributed by atoms with van der Waals surface area (Å²) < 4.78 is 39.8. The van der Waals surface area contributed by atoms with Gasteiger partial charge in [-0.2, -0.15) is 18.2 Å². The number of aromatic nitrogens is 2. The van der Waals surface area contributed by atoms with Gasteiger partial charge in [-0.05, 0) is 0 Å². The molecule has 0 amide bonds. The minimum absolute atomic E-state index is 0.287. The maximum Gasteiger partial charge on any atom is 0.450 e. The van der Waals surface area contributed by atoms with E-state index in [0.717, 1.165) is 0 Å². The van der Waals surface area contributed by atoms with E-state index in [4.69, 9.17) is 0 Å². The van der Waals surface area contributed by atoms with Gasteiger partial charge in [0.1, 0.15) is 0 Å². The molecule has 0 saturated heterocycles. The van der Waals surface area contributed by atoms with E-state index in [9.17, 15) is 18.0 Å². The third-order valence-electron chi connectivity index (χ3n) is 1.45. The van der Waals surface area contributed by atoms with Crippen molar-refractivity contribution >= 4 is 5.78 Å². The molecule has 0 aliphatic rings. The van der Waals surface area contributed by atoms with Gasteiger partial charge in [0.05, 0.1) is 6.42 Å². The maximum atomic E-state index is 11.8. The van der Waals surface area contributed by atoms with E-state index in [1.807, 2.05) is 0 Å². The number of halogens is 3. The molecule has 0 aromatic carbocycles. The Bertz CT molecular complexity index is 332. The van der Waals surface area contributed by atoms with Crippen LogP contribution in [0.1, 0.15) is 18.6 Å². The number of rotatable bonds is 3. The molecule has 1 rings (SSSR count). The fraction of sp³-hybridized carbons (Fsp3) is 0.571. The lowest BCUT2D eigenvalue weighted by atomic mass is 10.3. The van der Waals surface area contributed by atoms with Crippen LogP contribution in [0.25, 0.3) is 0 Å². The van der Waals surface area contributed by atoms with Crippen molar-refractivity contribution < 1.29 is 22.5 Å². The Balaban J connectivity index is 2.65. The number of nitrogens with zero attached hydrogens (tertiary/aromatic N) is 2. The van der Waals surface area contributed by atoms with Crippen molar-refractivity contribution in [3.05, 3.63) is 11.7 Å². The fourth-order valence-electron chi connectivity index (χ4n) is 0.743. The van der Waals surface area contributed by atoms with E-state index in [1.54, 1.807) is 6.92 Å². The first-order valence-electron chi connectivity index (χ1n) is 3.85. The number of aryl methyl sites for hydroxylation is 1. The predicted molar refractivity (Wildman–Crippen MR) is 38.4 cm³/mol. The molecule has 0 atom stereocenters. The zero-order valence-corrected chi connectivity index (χ0v) is 7.26. The van der Waals surface area contributed by atoms with Crippen LogP contribution in [0.2, 0.25) is 0 Å². The molecule has 0 fully saturated rings. The second kappa shape index (κ2) is 3.77. The molecule has 0 saturated carbocycles. The van der Waals surface area contributed by atoms with Crippen LogP contribution >= 0.6 is 0 Å². The molecule has 0 spiro atoms.